The van der Waals surface area contributed by atoms with Crippen LogP contribution >= 0.6 is 11.6 Å². The van der Waals surface area contributed by atoms with E-state index in [1.165, 1.54) is 0 Å². The van der Waals surface area contributed by atoms with Gasteiger partial charge < -0.3 is 15.5 Å². The lowest BCUT2D eigenvalue weighted by Crippen LogP contribution is -2.30. The molecule has 6 heteroatoms. The van der Waals surface area contributed by atoms with Gasteiger partial charge in [0.2, 0.25) is 5.95 Å². The second kappa shape index (κ2) is 6.61. The highest BCUT2D eigenvalue weighted by Gasteiger charge is 2.09. The summed E-state index contributed by atoms with van der Waals surface area (Å²) < 4.78 is 0. The van der Waals surface area contributed by atoms with Crippen LogP contribution in [0.3, 0.4) is 0 Å². The van der Waals surface area contributed by atoms with Crippen LogP contribution in [-0.4, -0.2) is 48.1 Å². The zero-order valence-electron chi connectivity index (χ0n) is 10.8. The molecule has 0 aromatic carbocycles. The van der Waals surface area contributed by atoms with Gasteiger partial charge in [-0.2, -0.15) is 4.98 Å². The number of rotatable bonds is 6. The molecule has 0 amide bonds. The minimum Gasteiger partial charge on any atom is -0.365 e. The van der Waals surface area contributed by atoms with Crippen LogP contribution in [0, 0.1) is 0 Å². The highest BCUT2D eigenvalue weighted by Crippen LogP contribution is 2.20. The molecule has 17 heavy (non-hydrogen) atoms. The lowest BCUT2D eigenvalue weighted by molar-refractivity contribution is 0.392. The van der Waals surface area contributed by atoms with Crippen LogP contribution in [0.1, 0.15) is 13.8 Å². The first-order chi connectivity index (χ1) is 8.02. The highest BCUT2D eigenvalue weighted by molar-refractivity contribution is 6.32. The van der Waals surface area contributed by atoms with Crippen LogP contribution in [0.5, 0.6) is 0 Å². The van der Waals surface area contributed by atoms with Crippen molar-refractivity contribution in [2.24, 2.45) is 0 Å². The van der Waals surface area contributed by atoms with Crippen molar-refractivity contribution in [3.8, 4) is 0 Å². The minimum atomic E-state index is 0.270. The van der Waals surface area contributed by atoms with Crippen molar-refractivity contribution in [1.82, 2.24) is 14.9 Å². The van der Waals surface area contributed by atoms with Gasteiger partial charge in [0.25, 0.3) is 0 Å². The summed E-state index contributed by atoms with van der Waals surface area (Å²) in [6.07, 6.45) is 1.61. The maximum absolute atomic E-state index is 6.05. The number of aromatic nitrogens is 2. The zero-order chi connectivity index (χ0) is 12.8. The number of hydrogen-bond acceptors (Lipinski definition) is 5. The normalized spacial score (nSPS) is 12.6. The average Bonchev–Trinajstić information content (AvgIpc) is 2.22. The van der Waals surface area contributed by atoms with Crippen molar-refractivity contribution >= 4 is 23.4 Å². The summed E-state index contributed by atoms with van der Waals surface area (Å²) in [4.78, 5) is 10.5. The third-order valence-corrected chi connectivity index (χ3v) is 2.38. The number of nitrogens with zero attached hydrogens (tertiary/aromatic N) is 3. The van der Waals surface area contributed by atoms with Gasteiger partial charge in [-0.25, -0.2) is 4.98 Å². The molecule has 2 N–H and O–H groups in total. The third-order valence-electron chi connectivity index (χ3n) is 2.10. The quantitative estimate of drug-likeness (QED) is 0.816. The number of anilines is 2. The predicted molar refractivity (Wildman–Crippen MR) is 72.8 cm³/mol. The largest absolute Gasteiger partial charge is 0.365 e. The first-order valence-corrected chi connectivity index (χ1v) is 6.08. The van der Waals surface area contributed by atoms with E-state index in [2.05, 4.69) is 32.4 Å². The van der Waals surface area contributed by atoms with Crippen molar-refractivity contribution < 1.29 is 0 Å². The molecule has 0 fully saturated rings. The fourth-order valence-corrected chi connectivity index (χ4v) is 1.68. The SMILES string of the molecule is CCNc1ncc(Cl)c(NC(C)CN(C)C)n1. The summed E-state index contributed by atoms with van der Waals surface area (Å²) in [5, 5.41) is 6.87. The molecule has 96 valence electrons. The van der Waals surface area contributed by atoms with Crippen LogP contribution in [0.4, 0.5) is 11.8 Å². The summed E-state index contributed by atoms with van der Waals surface area (Å²) in [6.45, 7) is 5.79. The van der Waals surface area contributed by atoms with Gasteiger partial charge in [0.1, 0.15) is 5.02 Å². The molecule has 0 aliphatic heterocycles. The fourth-order valence-electron chi connectivity index (χ4n) is 1.54. The van der Waals surface area contributed by atoms with E-state index in [9.17, 15) is 0 Å². The first kappa shape index (κ1) is 14.0. The molecule has 1 rings (SSSR count). The second-order valence-electron chi connectivity index (χ2n) is 4.23. The third kappa shape index (κ3) is 4.75. The molecule has 0 aliphatic rings. The molecule has 5 nitrogen and oxygen atoms in total. The van der Waals surface area contributed by atoms with Crippen molar-refractivity contribution in [3.63, 3.8) is 0 Å². The smallest absolute Gasteiger partial charge is 0.224 e. The van der Waals surface area contributed by atoms with Gasteiger partial charge >= 0.3 is 0 Å². The molecule has 0 spiro atoms. The first-order valence-electron chi connectivity index (χ1n) is 5.70. The Balaban J connectivity index is 2.71. The average molecular weight is 258 g/mol. The molecule has 0 aliphatic carbocycles. The molecule has 0 radical (unpaired) electrons. The number of nitrogens with one attached hydrogen (secondary N) is 2. The monoisotopic (exact) mass is 257 g/mol. The van der Waals surface area contributed by atoms with Crippen molar-refractivity contribution in [2.45, 2.75) is 19.9 Å². The van der Waals surface area contributed by atoms with Crippen LogP contribution in [0.2, 0.25) is 5.02 Å². The molecule has 1 heterocycles. The van der Waals surface area contributed by atoms with Gasteiger partial charge in [0.15, 0.2) is 5.82 Å². The van der Waals surface area contributed by atoms with E-state index in [-0.39, 0.29) is 6.04 Å². The van der Waals surface area contributed by atoms with Crippen LogP contribution < -0.4 is 10.6 Å². The van der Waals surface area contributed by atoms with Gasteiger partial charge in [-0.15, -0.1) is 0 Å². The standard InChI is InChI=1S/C11H20ClN5/c1-5-13-11-14-6-9(12)10(16-11)15-8(2)7-17(3)4/h6,8H,5,7H2,1-4H3,(H2,13,14,15,16). The minimum absolute atomic E-state index is 0.270. The Morgan fingerprint density at radius 1 is 1.47 bits per heavy atom. The van der Waals surface area contributed by atoms with E-state index < -0.39 is 0 Å². The summed E-state index contributed by atoms with van der Waals surface area (Å²) in [6, 6.07) is 0.270. The molecule has 0 saturated heterocycles. The van der Waals surface area contributed by atoms with Crippen molar-refractivity contribution in [2.75, 3.05) is 37.8 Å². The predicted octanol–water partition coefficient (Wildman–Crippen LogP) is 1.92. The molecule has 0 bridgehead atoms. The summed E-state index contributed by atoms with van der Waals surface area (Å²) >= 11 is 6.05. The second-order valence-corrected chi connectivity index (χ2v) is 4.64. The fraction of sp³-hybridized carbons (Fsp3) is 0.636. The molecule has 1 atom stereocenters. The molecular formula is C11H20ClN5. The van der Waals surface area contributed by atoms with Crippen LogP contribution in [-0.2, 0) is 0 Å². The lowest BCUT2D eigenvalue weighted by Gasteiger charge is -2.19. The van der Waals surface area contributed by atoms with E-state index in [0.29, 0.717) is 16.8 Å². The van der Waals surface area contributed by atoms with E-state index in [1.807, 2.05) is 21.0 Å². The lowest BCUT2D eigenvalue weighted by atomic mass is 10.3. The molecule has 0 saturated carbocycles. The Morgan fingerprint density at radius 3 is 2.76 bits per heavy atom. The van der Waals surface area contributed by atoms with Crippen molar-refractivity contribution in [3.05, 3.63) is 11.2 Å². The zero-order valence-corrected chi connectivity index (χ0v) is 11.5. The number of likely N-dealkylation sites (N-methyl/N-ethyl adjacent to an activating group) is 1. The summed E-state index contributed by atoms with van der Waals surface area (Å²) in [5.41, 5.74) is 0. The molecule has 1 aromatic rings. The van der Waals surface area contributed by atoms with Crippen LogP contribution in [0.15, 0.2) is 6.20 Å². The Hall–Kier alpha value is -1.07. The maximum atomic E-state index is 6.05. The van der Waals surface area contributed by atoms with E-state index in [4.69, 9.17) is 11.6 Å². The van der Waals surface area contributed by atoms with Gasteiger partial charge in [0, 0.05) is 19.1 Å². The molecule has 1 unspecified atom stereocenters. The molecule has 1 aromatic heterocycles. The summed E-state index contributed by atoms with van der Waals surface area (Å²) in [5.74, 6) is 1.27. The Labute approximate surface area is 108 Å². The Kier molecular flexibility index (Phi) is 5.44. The highest BCUT2D eigenvalue weighted by atomic mass is 35.5. The van der Waals surface area contributed by atoms with Gasteiger partial charge in [-0.3, -0.25) is 0 Å². The van der Waals surface area contributed by atoms with Crippen molar-refractivity contribution in [1.29, 1.82) is 0 Å². The van der Waals surface area contributed by atoms with Gasteiger partial charge in [0.05, 0.1) is 6.20 Å². The topological polar surface area (TPSA) is 53.1 Å². The summed E-state index contributed by atoms with van der Waals surface area (Å²) in [7, 11) is 4.06. The van der Waals surface area contributed by atoms with E-state index >= 15 is 0 Å². The number of halogens is 1. The van der Waals surface area contributed by atoms with E-state index in [1.54, 1.807) is 6.20 Å². The maximum Gasteiger partial charge on any atom is 0.224 e. The molecular weight excluding hydrogens is 238 g/mol. The Morgan fingerprint density at radius 2 is 2.18 bits per heavy atom. The van der Waals surface area contributed by atoms with Crippen LogP contribution in [0.25, 0.3) is 0 Å². The number of hydrogen-bond donors (Lipinski definition) is 2. The van der Waals surface area contributed by atoms with Gasteiger partial charge in [-0.05, 0) is 27.9 Å². The van der Waals surface area contributed by atoms with Gasteiger partial charge in [-0.1, -0.05) is 11.6 Å². The Bertz CT molecular complexity index is 356. The van der Waals surface area contributed by atoms with E-state index in [0.717, 1.165) is 13.1 Å².